The number of hydrogen-bond donors (Lipinski definition) is 14. The van der Waals surface area contributed by atoms with E-state index < -0.39 is 216 Å². The molecule has 3 aromatic rings. The second-order valence-corrected chi connectivity index (χ2v) is 22.0. The predicted octanol–water partition coefficient (Wildman–Crippen LogP) is -4.97. The van der Waals surface area contributed by atoms with Gasteiger partial charge in [0.1, 0.15) is 117 Å². The average Bonchev–Trinajstić information content (AvgIpc) is 1.40. The van der Waals surface area contributed by atoms with E-state index in [1.54, 1.807) is 6.07 Å². The molecule has 0 radical (unpaired) electrons. The molecular weight excluding hydrogens is 1260 g/mol. The lowest BCUT2D eigenvalue weighted by atomic mass is 9.95. The number of phenols is 2. The van der Waals surface area contributed by atoms with Crippen LogP contribution >= 0.6 is 0 Å². The first-order valence-corrected chi connectivity index (χ1v) is 29.1. The molecule has 0 spiro atoms. The third kappa shape index (κ3) is 17.2. The Labute approximate surface area is 533 Å². The molecular formula is C60H74O34. The first-order chi connectivity index (χ1) is 44.8. The van der Waals surface area contributed by atoms with Crippen LogP contribution in [0.1, 0.15) is 35.3 Å². The van der Waals surface area contributed by atoms with Crippen molar-refractivity contribution >= 4 is 42.0 Å². The first-order valence-electron chi connectivity index (χ1n) is 29.1. The van der Waals surface area contributed by atoms with Gasteiger partial charge in [-0.2, -0.15) is 0 Å². The standard InChI is InChI=1S/C60H74O34/c1-26(65)81-24-38-50(83-27(2)66)51(89-56-46(76)44(74)41(71)34(20-61)84-56)48(78)58(87-38)90-52-49(88-40(70)18-13-29-11-16-32(68)33(19-29)80-3)37(23-64)86-59(53(52)91-57-47(77)45(75)42(72)35(21-62)85-57)94-60(25-82-39(69)17-12-28-9-14-31(67)15-10-28)54(43(73)36(22-63)93-60)92-55(79)30-7-5-4-6-8-30/h4-19,34-38,41-54,56-59,61-64,67-68,71-78H,20-25H2,1-3H3. The van der Waals surface area contributed by atoms with Crippen LogP contribution in [-0.4, -0.2) is 295 Å². The van der Waals surface area contributed by atoms with Crippen molar-refractivity contribution in [2.45, 2.75) is 161 Å². The number of hydrogen-bond acceptors (Lipinski definition) is 34. The number of carbonyl (C=O) groups excluding carboxylic acids is 5. The minimum Gasteiger partial charge on any atom is -0.508 e. The zero-order valence-corrected chi connectivity index (χ0v) is 50.2. The highest BCUT2D eigenvalue weighted by Crippen LogP contribution is 2.43. The molecule has 5 fully saturated rings. The molecule has 8 rings (SSSR count). The maximum Gasteiger partial charge on any atom is 0.338 e. The van der Waals surface area contributed by atoms with Gasteiger partial charge in [0.05, 0.1) is 39.1 Å². The molecule has 34 heteroatoms. The van der Waals surface area contributed by atoms with Crippen LogP contribution in [0.5, 0.6) is 17.2 Å². The van der Waals surface area contributed by atoms with Gasteiger partial charge in [0.15, 0.2) is 55.0 Å². The molecule has 24 unspecified atom stereocenters. The monoisotopic (exact) mass is 1340 g/mol. The highest BCUT2D eigenvalue weighted by molar-refractivity contribution is 5.90. The zero-order valence-electron chi connectivity index (χ0n) is 50.2. The number of aliphatic hydroxyl groups is 12. The van der Waals surface area contributed by atoms with Crippen LogP contribution in [-0.2, 0) is 85.5 Å². The van der Waals surface area contributed by atoms with Gasteiger partial charge in [0.25, 0.3) is 0 Å². The molecule has 94 heavy (non-hydrogen) atoms. The molecule has 0 amide bonds. The van der Waals surface area contributed by atoms with Crippen LogP contribution in [0.25, 0.3) is 12.2 Å². The summed E-state index contributed by atoms with van der Waals surface area (Å²) >= 11 is 0. The van der Waals surface area contributed by atoms with Crippen molar-refractivity contribution in [3.8, 4) is 17.2 Å². The fourth-order valence-corrected chi connectivity index (χ4v) is 10.7. The summed E-state index contributed by atoms with van der Waals surface area (Å²) in [5.41, 5.74) is 0.422. The molecule has 5 saturated heterocycles. The van der Waals surface area contributed by atoms with E-state index in [-0.39, 0.29) is 28.4 Å². The van der Waals surface area contributed by atoms with Crippen LogP contribution < -0.4 is 4.74 Å². The second-order valence-electron chi connectivity index (χ2n) is 22.0. The Morgan fingerprint density at radius 3 is 1.62 bits per heavy atom. The number of ether oxygens (including phenoxy) is 15. The summed E-state index contributed by atoms with van der Waals surface area (Å²) in [7, 11) is 1.25. The number of aliphatic hydroxyl groups excluding tert-OH is 12. The van der Waals surface area contributed by atoms with E-state index in [0.717, 1.165) is 32.1 Å². The number of esters is 5. The van der Waals surface area contributed by atoms with E-state index in [9.17, 15) is 95.5 Å². The van der Waals surface area contributed by atoms with Gasteiger partial charge in [-0.05, 0) is 59.7 Å². The van der Waals surface area contributed by atoms with E-state index in [4.69, 9.17) is 71.1 Å². The number of rotatable bonds is 25. The molecule has 5 aliphatic rings. The van der Waals surface area contributed by atoms with Crippen molar-refractivity contribution in [1.82, 2.24) is 0 Å². The lowest BCUT2D eigenvalue weighted by Gasteiger charge is -2.51. The van der Waals surface area contributed by atoms with Gasteiger partial charge >= 0.3 is 29.8 Å². The van der Waals surface area contributed by atoms with E-state index >= 15 is 0 Å². The van der Waals surface area contributed by atoms with E-state index in [1.165, 1.54) is 79.9 Å². The van der Waals surface area contributed by atoms with Gasteiger partial charge in [-0.15, -0.1) is 0 Å². The molecule has 34 nitrogen and oxygen atoms in total. The summed E-state index contributed by atoms with van der Waals surface area (Å²) < 4.78 is 89.2. The van der Waals surface area contributed by atoms with E-state index in [1.807, 2.05) is 0 Å². The Morgan fingerprint density at radius 2 is 1.03 bits per heavy atom. The highest BCUT2D eigenvalue weighted by atomic mass is 16.8. The molecule has 0 aromatic heterocycles. The van der Waals surface area contributed by atoms with Gasteiger partial charge < -0.3 is 143 Å². The van der Waals surface area contributed by atoms with Crippen LogP contribution in [0.4, 0.5) is 0 Å². The molecule has 5 heterocycles. The largest absolute Gasteiger partial charge is 0.508 e. The Bertz CT molecular complexity index is 3060. The first kappa shape index (κ1) is 72.9. The number of methoxy groups -OCH3 is 1. The number of carbonyl (C=O) groups is 5. The number of phenolic OH excluding ortho intramolecular Hbond substituents is 2. The van der Waals surface area contributed by atoms with Gasteiger partial charge in [0, 0.05) is 26.0 Å². The quantitative estimate of drug-likeness (QED) is 0.0215. The van der Waals surface area contributed by atoms with Crippen molar-refractivity contribution in [3.63, 3.8) is 0 Å². The van der Waals surface area contributed by atoms with Gasteiger partial charge in [0.2, 0.25) is 5.79 Å². The normalized spacial score (nSPS) is 36.0. The van der Waals surface area contributed by atoms with Crippen molar-refractivity contribution in [3.05, 3.63) is 102 Å². The van der Waals surface area contributed by atoms with Gasteiger partial charge in [-0.1, -0.05) is 36.4 Å². The average molecular weight is 1340 g/mol. The molecule has 518 valence electrons. The summed E-state index contributed by atoms with van der Waals surface area (Å²) in [4.78, 5) is 67.5. The van der Waals surface area contributed by atoms with Crippen molar-refractivity contribution in [2.24, 2.45) is 0 Å². The summed E-state index contributed by atoms with van der Waals surface area (Å²) in [5.74, 6) is -9.25. The lowest BCUT2D eigenvalue weighted by molar-refractivity contribution is -0.423. The second kappa shape index (κ2) is 32.7. The van der Waals surface area contributed by atoms with Gasteiger partial charge in [-0.3, -0.25) is 9.59 Å². The van der Waals surface area contributed by atoms with Gasteiger partial charge in [-0.25, -0.2) is 14.4 Å². The molecule has 0 aliphatic carbocycles. The summed E-state index contributed by atoms with van der Waals surface area (Å²) in [5, 5.41) is 154. The molecule has 0 saturated carbocycles. The Balaban J connectivity index is 1.30. The predicted molar refractivity (Wildman–Crippen MR) is 304 cm³/mol. The van der Waals surface area contributed by atoms with Crippen molar-refractivity contribution in [1.29, 1.82) is 0 Å². The summed E-state index contributed by atoms with van der Waals surface area (Å²) in [6, 6.07) is 16.4. The lowest BCUT2D eigenvalue weighted by Crippen LogP contribution is -2.70. The third-order valence-electron chi connectivity index (χ3n) is 15.5. The van der Waals surface area contributed by atoms with Crippen LogP contribution in [0.15, 0.2) is 84.9 Å². The molecule has 0 bridgehead atoms. The van der Waals surface area contributed by atoms with Crippen LogP contribution in [0, 0.1) is 0 Å². The Hall–Kier alpha value is -6.95. The SMILES string of the molecule is COc1cc(C=CC(=O)OC2C(CO)OC(OC3(COC(=O)C=Cc4ccc(O)cc4)OC(CO)C(O)C3OC(=O)c3ccccc3)C(OC3OC(CO)C(O)C(O)C3O)C2OC2OC(COC(C)=O)C(OC(C)=O)C(OC3OC(CO)C(O)C(O)C3O)C2O)ccc1O. The fraction of sp³-hybridized carbons (Fsp3) is 0.550. The van der Waals surface area contributed by atoms with Crippen LogP contribution in [0.2, 0.25) is 0 Å². The minimum atomic E-state index is -3.00. The number of aromatic hydroxyl groups is 2. The maximum absolute atomic E-state index is 14.3. The molecule has 24 atom stereocenters. The highest BCUT2D eigenvalue weighted by Gasteiger charge is 2.64. The Morgan fingerprint density at radius 1 is 0.500 bits per heavy atom. The summed E-state index contributed by atoms with van der Waals surface area (Å²) in [6.07, 6.45) is -45.6. The molecule has 5 aliphatic heterocycles. The molecule has 14 N–H and O–H groups in total. The maximum atomic E-state index is 14.3. The van der Waals surface area contributed by atoms with Crippen molar-refractivity contribution < 1.29 is 167 Å². The van der Waals surface area contributed by atoms with Crippen molar-refractivity contribution in [2.75, 3.05) is 46.8 Å². The zero-order chi connectivity index (χ0) is 68.3. The summed E-state index contributed by atoms with van der Waals surface area (Å²) in [6.45, 7) is -4.79. The molecule has 3 aromatic carbocycles. The third-order valence-corrected chi connectivity index (χ3v) is 15.5. The van der Waals surface area contributed by atoms with E-state index in [2.05, 4.69) is 0 Å². The van der Waals surface area contributed by atoms with E-state index in [0.29, 0.717) is 5.56 Å². The topological polar surface area (TPSA) is 507 Å². The minimum absolute atomic E-state index is 0.0359. The fourth-order valence-electron chi connectivity index (χ4n) is 10.7. The Kier molecular flexibility index (Phi) is 25.3. The smallest absolute Gasteiger partial charge is 0.338 e. The van der Waals surface area contributed by atoms with Crippen LogP contribution in [0.3, 0.4) is 0 Å². The number of benzene rings is 3.